The summed E-state index contributed by atoms with van der Waals surface area (Å²) in [5.74, 6) is 1.54. The molecule has 11 nitrogen and oxygen atoms in total. The predicted molar refractivity (Wildman–Crippen MR) is 106 cm³/mol. The molecule has 0 saturated heterocycles. The SMILES string of the molecule is CO/N=C/c1c(N)ncnc1Oc1ccc(NC(=O)Nc2cc(C)on2)c(Cl)c1. The van der Waals surface area contributed by atoms with Crippen LogP contribution in [0.25, 0.3) is 0 Å². The molecule has 29 heavy (non-hydrogen) atoms. The predicted octanol–water partition coefficient (Wildman–Crippen LogP) is 3.43. The van der Waals surface area contributed by atoms with Gasteiger partial charge in [0.2, 0.25) is 5.88 Å². The maximum absolute atomic E-state index is 12.1. The van der Waals surface area contributed by atoms with Gasteiger partial charge in [-0.3, -0.25) is 5.32 Å². The highest BCUT2D eigenvalue weighted by atomic mass is 35.5. The van der Waals surface area contributed by atoms with E-state index in [0.717, 1.165) is 0 Å². The third-order valence-electron chi connectivity index (χ3n) is 3.44. The van der Waals surface area contributed by atoms with Crippen LogP contribution in [0.15, 0.2) is 40.3 Å². The number of carbonyl (C=O) groups is 1. The average molecular weight is 418 g/mol. The Bertz CT molecular complexity index is 1050. The molecule has 0 saturated carbocycles. The Balaban J connectivity index is 1.72. The van der Waals surface area contributed by atoms with E-state index in [9.17, 15) is 4.79 Å². The second-order valence-corrected chi connectivity index (χ2v) is 5.95. The number of oxime groups is 1. The highest BCUT2D eigenvalue weighted by Gasteiger charge is 2.13. The summed E-state index contributed by atoms with van der Waals surface area (Å²) < 4.78 is 10.6. The van der Waals surface area contributed by atoms with Crippen LogP contribution in [0.3, 0.4) is 0 Å². The van der Waals surface area contributed by atoms with Crippen LogP contribution >= 0.6 is 11.6 Å². The lowest BCUT2D eigenvalue weighted by molar-refractivity contribution is 0.215. The van der Waals surface area contributed by atoms with Gasteiger partial charge in [0.15, 0.2) is 5.82 Å². The third kappa shape index (κ3) is 5.11. The molecule has 2 amide bonds. The van der Waals surface area contributed by atoms with Gasteiger partial charge in [0.25, 0.3) is 0 Å². The standard InChI is InChI=1S/C17H16ClN7O4/c1-9-5-14(25-29-9)24-17(26)23-13-4-3-10(6-12(13)18)28-16-11(7-22-27-2)15(19)20-8-21-16/h3-8H,1-2H3,(H2,19,20,21)(H2,23,24,25,26)/b22-7+. The fourth-order valence-corrected chi connectivity index (χ4v) is 2.39. The number of rotatable bonds is 6. The molecule has 0 bridgehead atoms. The number of hydrogen-bond donors (Lipinski definition) is 3. The number of hydrogen-bond acceptors (Lipinski definition) is 9. The molecule has 150 valence electrons. The van der Waals surface area contributed by atoms with E-state index in [1.807, 2.05) is 0 Å². The number of carbonyl (C=O) groups excluding carboxylic acids is 1. The smallest absolute Gasteiger partial charge is 0.324 e. The average Bonchev–Trinajstić information content (AvgIpc) is 3.08. The molecule has 0 radical (unpaired) electrons. The third-order valence-corrected chi connectivity index (χ3v) is 3.75. The quantitative estimate of drug-likeness (QED) is 0.407. The highest BCUT2D eigenvalue weighted by Crippen LogP contribution is 2.31. The molecule has 0 aliphatic heterocycles. The van der Waals surface area contributed by atoms with E-state index >= 15 is 0 Å². The second-order valence-electron chi connectivity index (χ2n) is 5.54. The van der Waals surface area contributed by atoms with E-state index < -0.39 is 6.03 Å². The van der Waals surface area contributed by atoms with Crippen molar-refractivity contribution in [2.45, 2.75) is 6.92 Å². The van der Waals surface area contributed by atoms with Crippen LogP contribution in [-0.4, -0.2) is 34.5 Å². The van der Waals surface area contributed by atoms with Crippen molar-refractivity contribution in [3.63, 3.8) is 0 Å². The van der Waals surface area contributed by atoms with E-state index in [1.54, 1.807) is 25.1 Å². The number of amides is 2. The Morgan fingerprint density at radius 2 is 2.14 bits per heavy atom. The number of nitrogens with zero attached hydrogens (tertiary/aromatic N) is 4. The molecule has 3 rings (SSSR count). The number of urea groups is 1. The number of ether oxygens (including phenoxy) is 1. The zero-order valence-electron chi connectivity index (χ0n) is 15.3. The Kier molecular flexibility index (Phi) is 6.09. The first-order valence-electron chi connectivity index (χ1n) is 8.12. The van der Waals surface area contributed by atoms with Gasteiger partial charge >= 0.3 is 6.03 Å². The van der Waals surface area contributed by atoms with Crippen LogP contribution in [0, 0.1) is 6.92 Å². The number of aromatic nitrogens is 3. The van der Waals surface area contributed by atoms with Crippen molar-refractivity contribution in [2.75, 3.05) is 23.5 Å². The zero-order chi connectivity index (χ0) is 20.8. The van der Waals surface area contributed by atoms with Gasteiger partial charge in [0, 0.05) is 12.1 Å². The van der Waals surface area contributed by atoms with E-state index in [4.69, 9.17) is 26.6 Å². The number of anilines is 3. The van der Waals surface area contributed by atoms with Gasteiger partial charge in [-0.2, -0.15) is 0 Å². The summed E-state index contributed by atoms with van der Waals surface area (Å²) in [6.45, 7) is 1.71. The summed E-state index contributed by atoms with van der Waals surface area (Å²) in [6, 6.07) is 5.72. The van der Waals surface area contributed by atoms with Crippen molar-refractivity contribution >= 4 is 41.2 Å². The van der Waals surface area contributed by atoms with E-state index in [2.05, 4.69) is 35.8 Å². The van der Waals surface area contributed by atoms with Crippen molar-refractivity contribution < 1.29 is 18.9 Å². The summed E-state index contributed by atoms with van der Waals surface area (Å²) >= 11 is 6.24. The molecule has 0 unspecified atom stereocenters. The first-order chi connectivity index (χ1) is 14.0. The second kappa shape index (κ2) is 8.89. The van der Waals surface area contributed by atoms with Gasteiger partial charge < -0.3 is 25.1 Å². The molecular formula is C17H16ClN7O4. The summed E-state index contributed by atoms with van der Waals surface area (Å²) in [6.07, 6.45) is 2.58. The summed E-state index contributed by atoms with van der Waals surface area (Å²) in [4.78, 5) is 24.6. The molecule has 12 heteroatoms. The van der Waals surface area contributed by atoms with E-state index in [-0.39, 0.29) is 22.5 Å². The summed E-state index contributed by atoms with van der Waals surface area (Å²) in [5.41, 5.74) is 6.52. The van der Waals surface area contributed by atoms with Crippen LogP contribution in [0.2, 0.25) is 5.02 Å². The largest absolute Gasteiger partial charge is 0.438 e. The van der Waals surface area contributed by atoms with Crippen LogP contribution in [0.4, 0.5) is 22.1 Å². The molecule has 0 atom stereocenters. The number of aryl methyl sites for hydroxylation is 1. The molecule has 0 aliphatic carbocycles. The van der Waals surface area contributed by atoms with Crippen molar-refractivity contribution in [1.82, 2.24) is 15.1 Å². The Morgan fingerprint density at radius 1 is 1.31 bits per heavy atom. The fourth-order valence-electron chi connectivity index (χ4n) is 2.17. The molecule has 3 aromatic rings. The van der Waals surface area contributed by atoms with Crippen molar-refractivity contribution in [3.8, 4) is 11.6 Å². The highest BCUT2D eigenvalue weighted by molar-refractivity contribution is 6.34. The van der Waals surface area contributed by atoms with Crippen LogP contribution in [-0.2, 0) is 4.84 Å². The number of benzene rings is 1. The topological polar surface area (TPSA) is 150 Å². The lowest BCUT2D eigenvalue weighted by Gasteiger charge is -2.11. The van der Waals surface area contributed by atoms with Crippen molar-refractivity contribution in [1.29, 1.82) is 0 Å². The molecule has 2 aromatic heterocycles. The van der Waals surface area contributed by atoms with Crippen molar-refractivity contribution in [3.05, 3.63) is 46.9 Å². The minimum Gasteiger partial charge on any atom is -0.438 e. The zero-order valence-corrected chi connectivity index (χ0v) is 16.1. The van der Waals surface area contributed by atoms with Crippen molar-refractivity contribution in [2.24, 2.45) is 5.16 Å². The molecule has 0 aliphatic rings. The lowest BCUT2D eigenvalue weighted by Crippen LogP contribution is -2.19. The molecule has 2 heterocycles. The first kappa shape index (κ1) is 19.9. The summed E-state index contributed by atoms with van der Waals surface area (Å²) in [7, 11) is 1.39. The number of nitrogen functional groups attached to an aromatic ring is 1. The van der Waals surface area contributed by atoms with Gasteiger partial charge in [-0.05, 0) is 19.1 Å². The van der Waals surface area contributed by atoms with Gasteiger partial charge in [-0.15, -0.1) is 0 Å². The van der Waals surface area contributed by atoms with Gasteiger partial charge in [-0.1, -0.05) is 21.9 Å². The molecule has 0 fully saturated rings. The lowest BCUT2D eigenvalue weighted by atomic mass is 10.3. The van der Waals surface area contributed by atoms with Gasteiger partial charge in [-0.25, -0.2) is 14.8 Å². The Labute approximate surface area is 169 Å². The number of halogens is 1. The normalized spacial score (nSPS) is 10.7. The van der Waals surface area contributed by atoms with Gasteiger partial charge in [0.1, 0.15) is 36.3 Å². The van der Waals surface area contributed by atoms with Gasteiger partial charge in [0.05, 0.1) is 16.9 Å². The molecule has 4 N–H and O–H groups in total. The van der Waals surface area contributed by atoms with E-state index in [1.165, 1.54) is 25.7 Å². The maximum Gasteiger partial charge on any atom is 0.324 e. The molecule has 0 spiro atoms. The van der Waals surface area contributed by atoms with Crippen LogP contribution in [0.5, 0.6) is 11.6 Å². The maximum atomic E-state index is 12.1. The number of nitrogens with two attached hydrogens (primary N) is 1. The fraction of sp³-hybridized carbons (Fsp3) is 0.118. The van der Waals surface area contributed by atoms with E-state index in [0.29, 0.717) is 22.8 Å². The molecular weight excluding hydrogens is 402 g/mol. The minimum absolute atomic E-state index is 0.161. The monoisotopic (exact) mass is 417 g/mol. The van der Waals surface area contributed by atoms with Crippen LogP contribution in [0.1, 0.15) is 11.3 Å². The first-order valence-corrected chi connectivity index (χ1v) is 8.49. The Morgan fingerprint density at radius 3 is 2.83 bits per heavy atom. The number of nitrogens with one attached hydrogen (secondary N) is 2. The summed E-state index contributed by atoms with van der Waals surface area (Å²) in [5, 5.41) is 12.7. The van der Waals surface area contributed by atoms with Crippen LogP contribution < -0.4 is 21.1 Å². The molecule has 1 aromatic carbocycles. The minimum atomic E-state index is -0.532. The Hall–Kier alpha value is -3.86.